The molecule has 36 heavy (non-hydrogen) atoms. The van der Waals surface area contributed by atoms with E-state index in [1.807, 2.05) is 24.3 Å². The van der Waals surface area contributed by atoms with Crippen LogP contribution in [-0.2, 0) is 19.4 Å². The van der Waals surface area contributed by atoms with Gasteiger partial charge in [-0.15, -0.1) is 0 Å². The Hall–Kier alpha value is -2.11. The third-order valence-electron chi connectivity index (χ3n) is 7.01. The van der Waals surface area contributed by atoms with Crippen molar-refractivity contribution in [3.8, 4) is 6.07 Å². The molecule has 1 saturated heterocycles. The van der Waals surface area contributed by atoms with E-state index in [-0.39, 0.29) is 23.5 Å². The zero-order valence-corrected chi connectivity index (χ0v) is 22.9. The third kappa shape index (κ3) is 5.43. The molecule has 0 bridgehead atoms. The second-order valence-electron chi connectivity index (χ2n) is 10.5. The maximum atomic E-state index is 13.6. The molecule has 1 aliphatic heterocycles. The van der Waals surface area contributed by atoms with Crippen molar-refractivity contribution in [1.82, 2.24) is 4.90 Å². The van der Waals surface area contributed by atoms with Crippen LogP contribution in [0.5, 0.6) is 0 Å². The van der Waals surface area contributed by atoms with Gasteiger partial charge in [-0.1, -0.05) is 47.5 Å². The van der Waals surface area contributed by atoms with Crippen molar-refractivity contribution in [2.75, 3.05) is 6.54 Å². The maximum Gasteiger partial charge on any atom is 0.253 e. The minimum atomic E-state index is -3.27. The molecule has 1 amide bonds. The van der Waals surface area contributed by atoms with Crippen LogP contribution in [0.2, 0.25) is 10.0 Å². The van der Waals surface area contributed by atoms with Crippen LogP contribution in [0.4, 0.5) is 0 Å². The van der Waals surface area contributed by atoms with E-state index in [9.17, 15) is 18.5 Å². The van der Waals surface area contributed by atoms with Gasteiger partial charge < -0.3 is 9.64 Å². The maximum absolute atomic E-state index is 13.6. The Kier molecular flexibility index (Phi) is 7.73. The smallest absolute Gasteiger partial charge is 0.253 e. The first-order chi connectivity index (χ1) is 16.9. The van der Waals surface area contributed by atoms with Crippen molar-refractivity contribution >= 4 is 38.9 Å². The number of ether oxygens (including phenoxy) is 1. The van der Waals surface area contributed by atoms with Gasteiger partial charge in [0.15, 0.2) is 9.84 Å². The van der Waals surface area contributed by atoms with Crippen LogP contribution < -0.4 is 0 Å². The van der Waals surface area contributed by atoms with Gasteiger partial charge >= 0.3 is 0 Å². The number of hydrogen-bond donors (Lipinski definition) is 0. The van der Waals surface area contributed by atoms with E-state index in [2.05, 4.69) is 6.07 Å². The topological polar surface area (TPSA) is 87.5 Å². The molecule has 1 heterocycles. The molecule has 9 heteroatoms. The highest BCUT2D eigenvalue weighted by molar-refractivity contribution is 7.93. The highest BCUT2D eigenvalue weighted by Crippen LogP contribution is 2.47. The molecule has 2 aromatic rings. The lowest BCUT2D eigenvalue weighted by Crippen LogP contribution is -2.51. The summed E-state index contributed by atoms with van der Waals surface area (Å²) in [5.74, 6) is -0.277. The Morgan fingerprint density at radius 2 is 1.78 bits per heavy atom. The Labute approximate surface area is 223 Å². The van der Waals surface area contributed by atoms with Gasteiger partial charge in [-0.3, -0.25) is 4.79 Å². The van der Waals surface area contributed by atoms with Crippen LogP contribution in [-0.4, -0.2) is 41.9 Å². The molecule has 2 fully saturated rings. The van der Waals surface area contributed by atoms with E-state index in [4.69, 9.17) is 27.9 Å². The van der Waals surface area contributed by atoms with Gasteiger partial charge in [0.05, 0.1) is 28.5 Å². The number of sulfone groups is 1. The van der Waals surface area contributed by atoms with Crippen molar-refractivity contribution in [3.05, 3.63) is 69.7 Å². The second-order valence-corrected chi connectivity index (χ2v) is 14.3. The summed E-state index contributed by atoms with van der Waals surface area (Å²) in [6.07, 6.45) is -0.407. The molecule has 2 unspecified atom stereocenters. The number of benzene rings is 2. The van der Waals surface area contributed by atoms with Crippen LogP contribution in [0.15, 0.2) is 48.5 Å². The fourth-order valence-corrected chi connectivity index (χ4v) is 7.26. The molecule has 0 N–H and O–H groups in total. The summed E-state index contributed by atoms with van der Waals surface area (Å²) < 4.78 is 31.2. The highest BCUT2D eigenvalue weighted by atomic mass is 35.5. The van der Waals surface area contributed by atoms with E-state index in [1.54, 1.807) is 49.9 Å². The van der Waals surface area contributed by atoms with Crippen molar-refractivity contribution in [3.63, 3.8) is 0 Å². The molecule has 2 aromatic carbocycles. The predicted octanol–water partition coefficient (Wildman–Crippen LogP) is 5.91. The predicted molar refractivity (Wildman–Crippen MR) is 140 cm³/mol. The fraction of sp³-hybridized carbons (Fsp3) is 0.481. The van der Waals surface area contributed by atoms with E-state index >= 15 is 0 Å². The Morgan fingerprint density at radius 3 is 2.39 bits per heavy atom. The number of rotatable bonds is 7. The molecule has 0 aromatic heterocycles. The Bertz CT molecular complexity index is 1270. The SMILES string of the molecule is CC(C)(C)S(=O)(=O)C1CC1CCN1C(=O)[C@H](CC#N)O[C@H](c2cccc(Cl)c2)[C@H]1c1ccc(Cl)cc1. The molecule has 2 aliphatic rings. The number of hydrogen-bond acceptors (Lipinski definition) is 5. The number of halogens is 2. The first kappa shape index (κ1) is 26.9. The molecule has 5 atom stereocenters. The van der Waals surface area contributed by atoms with Crippen molar-refractivity contribution < 1.29 is 17.9 Å². The normalized spacial score (nSPS) is 26.5. The van der Waals surface area contributed by atoms with Crippen LogP contribution in [0.3, 0.4) is 0 Å². The molecule has 192 valence electrons. The molecule has 4 rings (SSSR count). The van der Waals surface area contributed by atoms with Gasteiger partial charge in [-0.05, 0) is 74.9 Å². The molecule has 0 radical (unpaired) electrons. The van der Waals surface area contributed by atoms with Crippen molar-refractivity contribution in [2.24, 2.45) is 5.92 Å². The zero-order valence-electron chi connectivity index (χ0n) is 20.5. The van der Waals surface area contributed by atoms with Gasteiger partial charge in [0.1, 0.15) is 12.2 Å². The van der Waals surface area contributed by atoms with Crippen LogP contribution >= 0.6 is 23.2 Å². The van der Waals surface area contributed by atoms with Gasteiger partial charge in [-0.25, -0.2) is 8.42 Å². The monoisotopic (exact) mass is 548 g/mol. The summed E-state index contributed by atoms with van der Waals surface area (Å²) in [5, 5.41) is 10.1. The van der Waals surface area contributed by atoms with Gasteiger partial charge in [-0.2, -0.15) is 5.26 Å². The molecule has 0 spiro atoms. The number of nitriles is 1. The fourth-order valence-electron chi connectivity index (χ4n) is 4.88. The molecule has 6 nitrogen and oxygen atoms in total. The van der Waals surface area contributed by atoms with Crippen LogP contribution in [0.1, 0.15) is 63.3 Å². The Balaban J connectivity index is 1.67. The second kappa shape index (κ2) is 10.3. The number of carbonyl (C=O) groups excluding carboxylic acids is 1. The quantitative estimate of drug-likeness (QED) is 0.429. The lowest BCUT2D eigenvalue weighted by Gasteiger charge is -2.44. The summed E-state index contributed by atoms with van der Waals surface area (Å²) in [6.45, 7) is 5.53. The van der Waals surface area contributed by atoms with E-state index in [0.717, 1.165) is 11.1 Å². The summed E-state index contributed by atoms with van der Waals surface area (Å²) >= 11 is 12.4. The summed E-state index contributed by atoms with van der Waals surface area (Å²) in [5.41, 5.74) is 1.63. The van der Waals surface area contributed by atoms with E-state index in [0.29, 0.717) is 29.4 Å². The van der Waals surface area contributed by atoms with Crippen LogP contribution in [0.25, 0.3) is 0 Å². The molecule has 1 saturated carbocycles. The number of nitrogens with zero attached hydrogens (tertiary/aromatic N) is 2. The third-order valence-corrected chi connectivity index (χ3v) is 10.6. The van der Waals surface area contributed by atoms with Gasteiger partial charge in [0.2, 0.25) is 0 Å². The minimum Gasteiger partial charge on any atom is -0.357 e. The summed E-state index contributed by atoms with van der Waals surface area (Å²) in [7, 11) is -3.27. The van der Waals surface area contributed by atoms with Crippen molar-refractivity contribution in [1.29, 1.82) is 5.26 Å². The summed E-state index contributed by atoms with van der Waals surface area (Å²) in [6, 6.07) is 16.1. The summed E-state index contributed by atoms with van der Waals surface area (Å²) in [4.78, 5) is 15.3. The largest absolute Gasteiger partial charge is 0.357 e. The lowest BCUT2D eigenvalue weighted by molar-refractivity contribution is -0.173. The standard InChI is InChI=1S/C27H30Cl2N2O4S/c1-27(2,3)36(33,34)23-16-18(23)12-14-31-24(17-7-9-20(28)10-8-17)25(19-5-4-6-21(29)15-19)35-22(11-13-30)26(31)32/h4-10,15,18,22-25H,11-12,14,16H2,1-3H3/t18?,22-,23?,24+,25+/m0/s1. The molecular formula is C27H30Cl2N2O4S. The number of morpholine rings is 1. The molecule has 1 aliphatic carbocycles. The van der Waals surface area contributed by atoms with E-state index in [1.165, 1.54) is 0 Å². The highest BCUT2D eigenvalue weighted by Gasteiger charge is 2.52. The van der Waals surface area contributed by atoms with Crippen molar-refractivity contribution in [2.45, 2.75) is 68.3 Å². The number of amides is 1. The average Bonchev–Trinajstić information content (AvgIpc) is 3.60. The van der Waals surface area contributed by atoms with Gasteiger partial charge in [0, 0.05) is 16.6 Å². The average molecular weight is 550 g/mol. The lowest BCUT2D eigenvalue weighted by atomic mass is 9.91. The molecular weight excluding hydrogens is 519 g/mol. The number of carbonyl (C=O) groups is 1. The first-order valence-corrected chi connectivity index (χ1v) is 14.3. The Morgan fingerprint density at radius 1 is 1.08 bits per heavy atom. The zero-order chi connectivity index (χ0) is 26.3. The van der Waals surface area contributed by atoms with Gasteiger partial charge in [0.25, 0.3) is 5.91 Å². The first-order valence-electron chi connectivity index (χ1n) is 12.0. The van der Waals surface area contributed by atoms with E-state index < -0.39 is 32.8 Å². The van der Waals surface area contributed by atoms with Crippen LogP contribution in [0, 0.1) is 17.2 Å². The minimum absolute atomic E-state index is 0.00484.